The van der Waals surface area contributed by atoms with Crippen LogP contribution in [0.3, 0.4) is 0 Å². The highest BCUT2D eigenvalue weighted by Crippen LogP contribution is 2.29. The highest BCUT2D eigenvalue weighted by atomic mass is 16.5. The number of hydrogen-bond acceptors (Lipinski definition) is 3. The summed E-state index contributed by atoms with van der Waals surface area (Å²) in [4.78, 5) is 10.8. The van der Waals surface area contributed by atoms with E-state index in [4.69, 9.17) is 9.84 Å². The molecule has 0 aromatic rings. The zero-order chi connectivity index (χ0) is 8.55. The molecule has 0 bridgehead atoms. The minimum Gasteiger partial charge on any atom is -0.480 e. The van der Waals surface area contributed by atoms with E-state index in [-0.39, 0.29) is 18.1 Å². The van der Waals surface area contributed by atoms with Crippen molar-refractivity contribution in [3.8, 4) is 0 Å². The summed E-state index contributed by atoms with van der Waals surface area (Å²) in [5.41, 5.74) is 0. The standard InChI is InChI=1S/C8H13NO3/c10-8(11)7-5-2-4-12-6(5)1-3-9-7/h5-7,9H,1-4H2,(H,10,11)/t5-,6-,7?/m0/s1. The Bertz CT molecular complexity index is 195. The average molecular weight is 171 g/mol. The Balaban J connectivity index is 2.08. The molecular formula is C8H13NO3. The van der Waals surface area contributed by atoms with Gasteiger partial charge >= 0.3 is 5.97 Å². The molecule has 12 heavy (non-hydrogen) atoms. The second kappa shape index (κ2) is 3.03. The number of carboxylic acid groups (broad SMARTS) is 1. The molecule has 2 N–H and O–H groups in total. The molecule has 1 unspecified atom stereocenters. The quantitative estimate of drug-likeness (QED) is 0.575. The van der Waals surface area contributed by atoms with Crippen LogP contribution in [0.4, 0.5) is 0 Å². The highest BCUT2D eigenvalue weighted by molar-refractivity contribution is 5.74. The van der Waals surface area contributed by atoms with Crippen LogP contribution in [-0.4, -0.2) is 36.4 Å². The fraction of sp³-hybridized carbons (Fsp3) is 0.875. The van der Waals surface area contributed by atoms with Gasteiger partial charge < -0.3 is 15.2 Å². The number of carbonyl (C=O) groups is 1. The lowest BCUT2D eigenvalue weighted by atomic mass is 9.88. The first-order chi connectivity index (χ1) is 5.79. The Morgan fingerprint density at radius 1 is 1.50 bits per heavy atom. The fourth-order valence-electron chi connectivity index (χ4n) is 2.15. The average Bonchev–Trinajstić information content (AvgIpc) is 2.49. The minimum atomic E-state index is -0.741. The Morgan fingerprint density at radius 2 is 2.33 bits per heavy atom. The van der Waals surface area contributed by atoms with Crippen LogP contribution in [0.5, 0.6) is 0 Å². The second-order valence-corrected chi connectivity index (χ2v) is 3.42. The van der Waals surface area contributed by atoms with E-state index in [2.05, 4.69) is 5.32 Å². The molecule has 0 radical (unpaired) electrons. The van der Waals surface area contributed by atoms with Gasteiger partial charge in [0.2, 0.25) is 0 Å². The number of carboxylic acids is 1. The molecule has 0 aliphatic carbocycles. The number of aliphatic carboxylic acids is 1. The van der Waals surface area contributed by atoms with Crippen molar-refractivity contribution in [1.82, 2.24) is 5.32 Å². The molecule has 0 spiro atoms. The van der Waals surface area contributed by atoms with Crippen molar-refractivity contribution in [2.45, 2.75) is 25.0 Å². The molecule has 0 aromatic carbocycles. The van der Waals surface area contributed by atoms with Gasteiger partial charge in [-0.2, -0.15) is 0 Å². The first-order valence-electron chi connectivity index (χ1n) is 4.37. The van der Waals surface area contributed by atoms with Gasteiger partial charge in [0, 0.05) is 12.5 Å². The smallest absolute Gasteiger partial charge is 0.321 e. The lowest BCUT2D eigenvalue weighted by Gasteiger charge is -2.30. The summed E-state index contributed by atoms with van der Waals surface area (Å²) in [6, 6.07) is -0.383. The third-order valence-corrected chi connectivity index (χ3v) is 2.75. The van der Waals surface area contributed by atoms with E-state index in [1.165, 1.54) is 0 Å². The number of piperidine rings is 1. The van der Waals surface area contributed by atoms with Crippen LogP contribution in [0.2, 0.25) is 0 Å². The largest absolute Gasteiger partial charge is 0.480 e. The molecule has 0 amide bonds. The van der Waals surface area contributed by atoms with Crippen LogP contribution in [0.15, 0.2) is 0 Å². The predicted octanol–water partition coefficient (Wildman–Crippen LogP) is -0.162. The van der Waals surface area contributed by atoms with Gasteiger partial charge in [0.25, 0.3) is 0 Å². The van der Waals surface area contributed by atoms with Gasteiger partial charge in [-0.3, -0.25) is 4.79 Å². The molecule has 2 heterocycles. The molecule has 2 aliphatic heterocycles. The lowest BCUT2D eigenvalue weighted by molar-refractivity contribution is -0.142. The monoisotopic (exact) mass is 171 g/mol. The third-order valence-electron chi connectivity index (χ3n) is 2.75. The van der Waals surface area contributed by atoms with Gasteiger partial charge in [0.15, 0.2) is 0 Å². The summed E-state index contributed by atoms with van der Waals surface area (Å²) in [6.45, 7) is 1.49. The zero-order valence-corrected chi connectivity index (χ0v) is 6.82. The summed E-state index contributed by atoms with van der Waals surface area (Å²) >= 11 is 0. The summed E-state index contributed by atoms with van der Waals surface area (Å²) in [7, 11) is 0. The SMILES string of the molecule is O=C(O)C1NCC[C@@H]2OCC[C@H]12. The molecule has 2 aliphatic rings. The molecule has 0 aromatic heterocycles. The highest BCUT2D eigenvalue weighted by Gasteiger charge is 2.40. The van der Waals surface area contributed by atoms with Crippen molar-refractivity contribution in [1.29, 1.82) is 0 Å². The number of rotatable bonds is 1. The third kappa shape index (κ3) is 1.21. The van der Waals surface area contributed by atoms with Crippen LogP contribution in [0.1, 0.15) is 12.8 Å². The second-order valence-electron chi connectivity index (χ2n) is 3.42. The zero-order valence-electron chi connectivity index (χ0n) is 6.82. The summed E-state index contributed by atoms with van der Waals surface area (Å²) in [6.07, 6.45) is 2.02. The minimum absolute atomic E-state index is 0.187. The van der Waals surface area contributed by atoms with Crippen molar-refractivity contribution in [2.24, 2.45) is 5.92 Å². The number of fused-ring (bicyclic) bond motifs is 1. The fourth-order valence-corrected chi connectivity index (χ4v) is 2.15. The summed E-state index contributed by atoms with van der Waals surface area (Å²) in [5.74, 6) is -0.550. The van der Waals surface area contributed by atoms with Crippen molar-refractivity contribution < 1.29 is 14.6 Å². The van der Waals surface area contributed by atoms with Gasteiger partial charge in [-0.05, 0) is 19.4 Å². The van der Waals surface area contributed by atoms with Gasteiger partial charge in [-0.15, -0.1) is 0 Å². The number of nitrogens with one attached hydrogen (secondary N) is 1. The van der Waals surface area contributed by atoms with E-state index in [0.29, 0.717) is 0 Å². The van der Waals surface area contributed by atoms with E-state index >= 15 is 0 Å². The van der Waals surface area contributed by atoms with E-state index in [1.54, 1.807) is 0 Å². The van der Waals surface area contributed by atoms with Gasteiger partial charge in [-0.1, -0.05) is 0 Å². The lowest BCUT2D eigenvalue weighted by Crippen LogP contribution is -2.51. The molecule has 2 rings (SSSR count). The Kier molecular flexibility index (Phi) is 2.02. The van der Waals surface area contributed by atoms with E-state index in [0.717, 1.165) is 26.0 Å². The number of ether oxygens (including phenoxy) is 1. The molecule has 2 saturated heterocycles. The van der Waals surface area contributed by atoms with Crippen LogP contribution >= 0.6 is 0 Å². The Labute approximate surface area is 70.9 Å². The molecule has 4 heteroatoms. The molecule has 4 nitrogen and oxygen atoms in total. The normalized spacial score (nSPS) is 40.8. The van der Waals surface area contributed by atoms with E-state index in [1.807, 2.05) is 0 Å². The van der Waals surface area contributed by atoms with E-state index in [9.17, 15) is 4.79 Å². The first-order valence-corrected chi connectivity index (χ1v) is 4.37. The van der Waals surface area contributed by atoms with Crippen LogP contribution in [0.25, 0.3) is 0 Å². The maximum Gasteiger partial charge on any atom is 0.321 e. The van der Waals surface area contributed by atoms with Gasteiger partial charge in [-0.25, -0.2) is 0 Å². The topological polar surface area (TPSA) is 58.6 Å². The molecule has 2 fully saturated rings. The Hall–Kier alpha value is -0.610. The predicted molar refractivity (Wildman–Crippen MR) is 41.9 cm³/mol. The summed E-state index contributed by atoms with van der Waals surface area (Å²) in [5, 5.41) is 11.9. The van der Waals surface area contributed by atoms with Gasteiger partial charge in [0.05, 0.1) is 6.10 Å². The van der Waals surface area contributed by atoms with Crippen LogP contribution in [-0.2, 0) is 9.53 Å². The van der Waals surface area contributed by atoms with Gasteiger partial charge in [0.1, 0.15) is 6.04 Å². The molecule has 0 saturated carbocycles. The van der Waals surface area contributed by atoms with Crippen molar-refractivity contribution in [3.63, 3.8) is 0 Å². The Morgan fingerprint density at radius 3 is 3.08 bits per heavy atom. The number of hydrogen-bond donors (Lipinski definition) is 2. The molecular weight excluding hydrogens is 158 g/mol. The maximum absolute atomic E-state index is 10.8. The maximum atomic E-state index is 10.8. The van der Waals surface area contributed by atoms with E-state index < -0.39 is 5.97 Å². The van der Waals surface area contributed by atoms with Crippen molar-refractivity contribution >= 4 is 5.97 Å². The van der Waals surface area contributed by atoms with Crippen LogP contribution in [0, 0.1) is 5.92 Å². The molecule has 68 valence electrons. The van der Waals surface area contributed by atoms with Crippen molar-refractivity contribution in [3.05, 3.63) is 0 Å². The first kappa shape index (κ1) is 8.01. The van der Waals surface area contributed by atoms with Crippen molar-refractivity contribution in [2.75, 3.05) is 13.2 Å². The summed E-state index contributed by atoms with van der Waals surface area (Å²) < 4.78 is 5.43. The van der Waals surface area contributed by atoms with Crippen LogP contribution < -0.4 is 5.32 Å². The molecule has 3 atom stereocenters.